The summed E-state index contributed by atoms with van der Waals surface area (Å²) >= 11 is 0. The molecule has 0 radical (unpaired) electrons. The minimum Gasteiger partial charge on any atom is -0.276 e. The van der Waals surface area contributed by atoms with E-state index >= 15 is 0 Å². The number of hydrogen-bond acceptors (Lipinski definition) is 2. The summed E-state index contributed by atoms with van der Waals surface area (Å²) in [6, 6.07) is 3.14. The zero-order valence-electron chi connectivity index (χ0n) is 9.11. The van der Waals surface area contributed by atoms with Gasteiger partial charge in [0, 0.05) is 19.4 Å². The number of aromatic nitrogens is 3. The van der Waals surface area contributed by atoms with E-state index < -0.39 is 5.95 Å². The quantitative estimate of drug-likeness (QED) is 0.620. The summed E-state index contributed by atoms with van der Waals surface area (Å²) in [4.78, 5) is 3.37. The minimum atomic E-state index is -0.412. The summed E-state index contributed by atoms with van der Waals surface area (Å²) in [5.41, 5.74) is 2.11. The SMILES string of the molecule is Cc1ccnc(F)c1.Cc1cnn(C)c1. The molecule has 0 aromatic carbocycles. The lowest BCUT2D eigenvalue weighted by Gasteiger charge is -1.86. The van der Waals surface area contributed by atoms with E-state index in [9.17, 15) is 4.39 Å². The monoisotopic (exact) mass is 207 g/mol. The fourth-order valence-electron chi connectivity index (χ4n) is 1.04. The normalized spacial score (nSPS) is 9.33. The predicted octanol–water partition coefficient (Wildman–Crippen LogP) is 2.26. The predicted molar refractivity (Wildman–Crippen MR) is 56.9 cm³/mol. The first-order valence-electron chi connectivity index (χ1n) is 4.61. The highest BCUT2D eigenvalue weighted by atomic mass is 19.1. The maximum atomic E-state index is 12.1. The van der Waals surface area contributed by atoms with Crippen LogP contribution in [0.15, 0.2) is 30.7 Å². The Balaban J connectivity index is 0.000000151. The van der Waals surface area contributed by atoms with Gasteiger partial charge in [-0.1, -0.05) is 0 Å². The molecule has 0 unspecified atom stereocenters. The summed E-state index contributed by atoms with van der Waals surface area (Å²) in [5.74, 6) is -0.412. The highest BCUT2D eigenvalue weighted by molar-refractivity contribution is 5.07. The molecule has 80 valence electrons. The van der Waals surface area contributed by atoms with Gasteiger partial charge in [-0.05, 0) is 37.1 Å². The van der Waals surface area contributed by atoms with Crippen molar-refractivity contribution < 1.29 is 4.39 Å². The molecule has 4 heteroatoms. The van der Waals surface area contributed by atoms with Crippen LogP contribution in [0.25, 0.3) is 0 Å². The van der Waals surface area contributed by atoms with Crippen molar-refractivity contribution in [3.05, 3.63) is 47.8 Å². The Bertz CT molecular complexity index is 390. The van der Waals surface area contributed by atoms with Gasteiger partial charge in [0.25, 0.3) is 0 Å². The van der Waals surface area contributed by atoms with Crippen LogP contribution in [-0.2, 0) is 7.05 Å². The van der Waals surface area contributed by atoms with Crippen molar-refractivity contribution in [2.75, 3.05) is 0 Å². The summed E-state index contributed by atoms with van der Waals surface area (Å²) < 4.78 is 13.8. The van der Waals surface area contributed by atoms with Gasteiger partial charge in [-0.3, -0.25) is 4.68 Å². The fraction of sp³-hybridized carbons (Fsp3) is 0.273. The molecule has 0 fully saturated rings. The Morgan fingerprint density at radius 2 is 2.00 bits per heavy atom. The van der Waals surface area contributed by atoms with E-state index in [1.807, 2.05) is 33.3 Å². The van der Waals surface area contributed by atoms with Gasteiger partial charge in [-0.2, -0.15) is 9.49 Å². The Hall–Kier alpha value is -1.71. The number of rotatable bonds is 0. The highest BCUT2D eigenvalue weighted by Gasteiger charge is 1.86. The first-order chi connectivity index (χ1) is 7.08. The molecule has 0 spiro atoms. The number of nitrogens with zero attached hydrogens (tertiary/aromatic N) is 3. The van der Waals surface area contributed by atoms with Crippen LogP contribution in [0.1, 0.15) is 11.1 Å². The molecule has 2 heterocycles. The summed E-state index contributed by atoms with van der Waals surface area (Å²) in [6.07, 6.45) is 5.25. The molecule has 3 nitrogen and oxygen atoms in total. The number of pyridine rings is 1. The van der Waals surface area contributed by atoms with Crippen molar-refractivity contribution in [2.24, 2.45) is 7.05 Å². The lowest BCUT2D eigenvalue weighted by atomic mass is 10.3. The van der Waals surface area contributed by atoms with Gasteiger partial charge in [-0.15, -0.1) is 0 Å². The van der Waals surface area contributed by atoms with Gasteiger partial charge < -0.3 is 0 Å². The first-order valence-corrected chi connectivity index (χ1v) is 4.61. The lowest BCUT2D eigenvalue weighted by Crippen LogP contribution is -1.83. The first kappa shape index (κ1) is 11.4. The van der Waals surface area contributed by atoms with Gasteiger partial charge in [0.2, 0.25) is 5.95 Å². The third-order valence-electron chi connectivity index (χ3n) is 1.72. The van der Waals surface area contributed by atoms with E-state index in [-0.39, 0.29) is 0 Å². The third kappa shape index (κ3) is 4.35. The maximum absolute atomic E-state index is 12.1. The van der Waals surface area contributed by atoms with Gasteiger partial charge in [0.15, 0.2) is 0 Å². The highest BCUT2D eigenvalue weighted by Crippen LogP contribution is 1.95. The fourth-order valence-corrected chi connectivity index (χ4v) is 1.04. The lowest BCUT2D eigenvalue weighted by molar-refractivity contribution is 0.582. The summed E-state index contributed by atoms with van der Waals surface area (Å²) in [6.45, 7) is 3.84. The van der Waals surface area contributed by atoms with E-state index in [0.717, 1.165) is 5.56 Å². The van der Waals surface area contributed by atoms with E-state index in [0.29, 0.717) is 0 Å². The maximum Gasteiger partial charge on any atom is 0.213 e. The average Bonchev–Trinajstić information content (AvgIpc) is 2.50. The smallest absolute Gasteiger partial charge is 0.213 e. The molecule has 0 N–H and O–H groups in total. The standard InChI is InChI=1S/C6H6FN.C5H8N2/c1-5-2-3-8-6(7)4-5;1-5-3-6-7(2)4-5/h2-4H,1H3;3-4H,1-2H3. The van der Waals surface area contributed by atoms with E-state index in [1.165, 1.54) is 17.8 Å². The van der Waals surface area contributed by atoms with Crippen molar-refractivity contribution in [3.63, 3.8) is 0 Å². The Kier molecular flexibility index (Phi) is 3.97. The molecule has 0 atom stereocenters. The largest absolute Gasteiger partial charge is 0.276 e. The van der Waals surface area contributed by atoms with Crippen LogP contribution in [0.5, 0.6) is 0 Å². The van der Waals surface area contributed by atoms with Crippen molar-refractivity contribution in [3.8, 4) is 0 Å². The second-order valence-corrected chi connectivity index (χ2v) is 3.35. The topological polar surface area (TPSA) is 30.7 Å². The zero-order chi connectivity index (χ0) is 11.3. The molecular formula is C11H14FN3. The molecule has 0 saturated heterocycles. The van der Waals surface area contributed by atoms with E-state index in [4.69, 9.17) is 0 Å². The van der Waals surface area contributed by atoms with Gasteiger partial charge >= 0.3 is 0 Å². The molecule has 0 aliphatic heterocycles. The molecule has 0 amide bonds. The number of hydrogen-bond donors (Lipinski definition) is 0. The van der Waals surface area contributed by atoms with Gasteiger partial charge in [-0.25, -0.2) is 4.98 Å². The second-order valence-electron chi connectivity index (χ2n) is 3.35. The zero-order valence-corrected chi connectivity index (χ0v) is 9.11. The van der Waals surface area contributed by atoms with Crippen LogP contribution >= 0.6 is 0 Å². The van der Waals surface area contributed by atoms with Crippen molar-refractivity contribution >= 4 is 0 Å². The molecule has 0 saturated carbocycles. The molecule has 15 heavy (non-hydrogen) atoms. The van der Waals surface area contributed by atoms with Crippen molar-refractivity contribution in [1.29, 1.82) is 0 Å². The Labute approximate surface area is 88.6 Å². The molecular weight excluding hydrogens is 193 g/mol. The molecule has 0 bridgehead atoms. The molecule has 2 rings (SSSR count). The summed E-state index contributed by atoms with van der Waals surface area (Å²) in [5, 5.41) is 3.93. The molecule has 2 aromatic rings. The Morgan fingerprint density at radius 1 is 1.27 bits per heavy atom. The van der Waals surface area contributed by atoms with Crippen molar-refractivity contribution in [1.82, 2.24) is 14.8 Å². The third-order valence-corrected chi connectivity index (χ3v) is 1.72. The van der Waals surface area contributed by atoms with Crippen LogP contribution < -0.4 is 0 Å². The molecule has 0 aliphatic rings. The summed E-state index contributed by atoms with van der Waals surface area (Å²) in [7, 11) is 1.91. The van der Waals surface area contributed by atoms with E-state index in [2.05, 4.69) is 10.1 Å². The number of halogens is 1. The van der Waals surface area contributed by atoms with Crippen LogP contribution in [0.3, 0.4) is 0 Å². The molecule has 2 aromatic heterocycles. The average molecular weight is 207 g/mol. The van der Waals surface area contributed by atoms with Gasteiger partial charge in [0.1, 0.15) is 0 Å². The van der Waals surface area contributed by atoms with Crippen LogP contribution in [0, 0.1) is 19.8 Å². The second kappa shape index (κ2) is 5.24. The van der Waals surface area contributed by atoms with Crippen LogP contribution in [0.4, 0.5) is 4.39 Å². The van der Waals surface area contributed by atoms with Crippen LogP contribution in [-0.4, -0.2) is 14.8 Å². The number of aryl methyl sites for hydroxylation is 3. The molecule has 0 aliphatic carbocycles. The van der Waals surface area contributed by atoms with E-state index in [1.54, 1.807) is 10.7 Å². The van der Waals surface area contributed by atoms with Crippen LogP contribution in [0.2, 0.25) is 0 Å². The Morgan fingerprint density at radius 3 is 2.27 bits per heavy atom. The van der Waals surface area contributed by atoms with Crippen molar-refractivity contribution in [2.45, 2.75) is 13.8 Å². The minimum absolute atomic E-state index is 0.412. The van der Waals surface area contributed by atoms with Gasteiger partial charge in [0.05, 0.1) is 6.20 Å².